The normalized spacial score (nSPS) is 10.4. The van der Waals surface area contributed by atoms with E-state index in [-0.39, 0.29) is 18.3 Å². The first-order valence-corrected chi connectivity index (χ1v) is 8.94. The highest BCUT2D eigenvalue weighted by Crippen LogP contribution is 2.22. The molecule has 1 N–H and O–H groups in total. The number of hydrogen-bond acceptors (Lipinski definition) is 6. The number of amides is 1. The predicted octanol–water partition coefficient (Wildman–Crippen LogP) is 3.61. The summed E-state index contributed by atoms with van der Waals surface area (Å²) in [5.74, 6) is 1.19. The van der Waals surface area contributed by atoms with Crippen molar-refractivity contribution in [1.29, 1.82) is 0 Å². The number of nitrogens with zero attached hydrogens (tertiary/aromatic N) is 4. The zero-order chi connectivity index (χ0) is 20.8. The molecular formula is C21H16FN5O3. The summed E-state index contributed by atoms with van der Waals surface area (Å²) in [6, 6.07) is 15.7. The van der Waals surface area contributed by atoms with Crippen LogP contribution in [0.2, 0.25) is 0 Å². The first-order valence-electron chi connectivity index (χ1n) is 8.94. The third kappa shape index (κ3) is 4.96. The van der Waals surface area contributed by atoms with Crippen molar-refractivity contribution in [3.8, 4) is 23.2 Å². The van der Waals surface area contributed by atoms with Gasteiger partial charge in [0, 0.05) is 24.1 Å². The molecule has 2 aromatic carbocycles. The first kappa shape index (κ1) is 19.1. The van der Waals surface area contributed by atoms with Crippen LogP contribution in [0.1, 0.15) is 0 Å². The molecular weight excluding hydrogens is 389 g/mol. The minimum absolute atomic E-state index is 0.193. The number of halogens is 1. The number of aromatic nitrogens is 4. The van der Waals surface area contributed by atoms with Gasteiger partial charge >= 0.3 is 0 Å². The lowest BCUT2D eigenvalue weighted by atomic mass is 10.3. The Labute approximate surface area is 170 Å². The molecule has 2 heterocycles. The maximum absolute atomic E-state index is 12.9. The molecule has 30 heavy (non-hydrogen) atoms. The second-order valence-electron chi connectivity index (χ2n) is 6.08. The third-order valence-electron chi connectivity index (χ3n) is 3.91. The lowest BCUT2D eigenvalue weighted by Crippen LogP contribution is -2.20. The van der Waals surface area contributed by atoms with Gasteiger partial charge in [0.05, 0.1) is 0 Å². The molecule has 0 aliphatic rings. The molecule has 4 rings (SSSR count). The molecule has 0 fully saturated rings. The molecule has 2 aromatic heterocycles. The Hall–Kier alpha value is -4.27. The average molecular weight is 405 g/mol. The Morgan fingerprint density at radius 3 is 2.53 bits per heavy atom. The lowest BCUT2D eigenvalue weighted by Gasteiger charge is -2.09. The summed E-state index contributed by atoms with van der Waals surface area (Å²) in [6.07, 6.45) is 4.81. The number of anilines is 1. The van der Waals surface area contributed by atoms with Gasteiger partial charge < -0.3 is 14.8 Å². The van der Waals surface area contributed by atoms with Gasteiger partial charge in [-0.05, 0) is 54.6 Å². The van der Waals surface area contributed by atoms with Crippen LogP contribution in [-0.4, -0.2) is 32.3 Å². The van der Waals surface area contributed by atoms with Gasteiger partial charge in [-0.25, -0.2) is 19.0 Å². The number of carbonyl (C=O) groups excluding carboxylic acids is 1. The van der Waals surface area contributed by atoms with Crippen LogP contribution in [0, 0.1) is 5.82 Å². The summed E-state index contributed by atoms with van der Waals surface area (Å²) < 4.78 is 25.5. The Balaban J connectivity index is 1.32. The van der Waals surface area contributed by atoms with Crippen molar-refractivity contribution in [3.63, 3.8) is 0 Å². The van der Waals surface area contributed by atoms with Crippen LogP contribution in [0.5, 0.6) is 17.4 Å². The van der Waals surface area contributed by atoms with Gasteiger partial charge in [-0.15, -0.1) is 0 Å². The van der Waals surface area contributed by atoms with Crippen molar-refractivity contribution in [2.45, 2.75) is 0 Å². The van der Waals surface area contributed by atoms with Crippen molar-refractivity contribution in [1.82, 2.24) is 19.7 Å². The van der Waals surface area contributed by atoms with Crippen molar-refractivity contribution in [3.05, 3.63) is 85.2 Å². The number of benzene rings is 2. The standard InChI is InChI=1S/C21H16FN5O3/c22-15-2-6-17(7-3-15)29-13-20(28)26-16-4-8-18(9-5-16)30-21-12-19(23-14-24-21)27-11-1-10-25-27/h1-12,14H,13H2,(H,26,28). The third-order valence-corrected chi connectivity index (χ3v) is 3.91. The molecule has 0 unspecified atom stereocenters. The number of nitrogens with one attached hydrogen (secondary N) is 1. The molecule has 0 radical (unpaired) electrons. The summed E-state index contributed by atoms with van der Waals surface area (Å²) in [7, 11) is 0. The smallest absolute Gasteiger partial charge is 0.262 e. The highest BCUT2D eigenvalue weighted by molar-refractivity contribution is 5.91. The minimum Gasteiger partial charge on any atom is -0.484 e. The quantitative estimate of drug-likeness (QED) is 0.505. The van der Waals surface area contributed by atoms with E-state index < -0.39 is 0 Å². The molecule has 0 spiro atoms. The van der Waals surface area contributed by atoms with Crippen LogP contribution in [-0.2, 0) is 4.79 Å². The van der Waals surface area contributed by atoms with Crippen LogP contribution >= 0.6 is 0 Å². The van der Waals surface area contributed by atoms with Gasteiger partial charge in [0.1, 0.15) is 23.6 Å². The fraction of sp³-hybridized carbons (Fsp3) is 0.0476. The lowest BCUT2D eigenvalue weighted by molar-refractivity contribution is -0.118. The Morgan fingerprint density at radius 1 is 1.03 bits per heavy atom. The van der Waals surface area contributed by atoms with Crippen molar-refractivity contribution in [2.24, 2.45) is 0 Å². The molecule has 150 valence electrons. The van der Waals surface area contributed by atoms with Crippen LogP contribution in [0.3, 0.4) is 0 Å². The van der Waals surface area contributed by atoms with Crippen LogP contribution in [0.4, 0.5) is 10.1 Å². The zero-order valence-corrected chi connectivity index (χ0v) is 15.6. The summed E-state index contributed by atoms with van der Waals surface area (Å²) in [5, 5.41) is 6.83. The first-order chi connectivity index (χ1) is 14.7. The van der Waals surface area contributed by atoms with E-state index >= 15 is 0 Å². The predicted molar refractivity (Wildman–Crippen MR) is 106 cm³/mol. The second kappa shape index (κ2) is 8.82. The van der Waals surface area contributed by atoms with Gasteiger partial charge in [-0.1, -0.05) is 0 Å². The van der Waals surface area contributed by atoms with E-state index in [1.165, 1.54) is 30.6 Å². The van der Waals surface area contributed by atoms with Crippen LogP contribution < -0.4 is 14.8 Å². The molecule has 0 saturated carbocycles. The largest absolute Gasteiger partial charge is 0.484 e. The van der Waals surface area contributed by atoms with Crippen molar-refractivity contribution < 1.29 is 18.7 Å². The summed E-state index contributed by atoms with van der Waals surface area (Å²) in [6.45, 7) is -0.193. The molecule has 4 aromatic rings. The number of rotatable bonds is 7. The zero-order valence-electron chi connectivity index (χ0n) is 15.6. The summed E-state index contributed by atoms with van der Waals surface area (Å²) in [5.41, 5.74) is 0.579. The van der Waals surface area contributed by atoms with E-state index in [0.717, 1.165) is 0 Å². The maximum Gasteiger partial charge on any atom is 0.262 e. The van der Waals surface area contributed by atoms with E-state index in [4.69, 9.17) is 9.47 Å². The summed E-state index contributed by atoms with van der Waals surface area (Å²) >= 11 is 0. The van der Waals surface area contributed by atoms with Gasteiger partial charge in [0.25, 0.3) is 5.91 Å². The topological polar surface area (TPSA) is 91.2 Å². The minimum atomic E-state index is -0.367. The second-order valence-corrected chi connectivity index (χ2v) is 6.08. The number of hydrogen-bond donors (Lipinski definition) is 1. The van der Waals surface area contributed by atoms with Gasteiger partial charge in [0.15, 0.2) is 12.4 Å². The van der Waals surface area contributed by atoms with Crippen LogP contribution in [0.15, 0.2) is 79.4 Å². The summed E-state index contributed by atoms with van der Waals surface area (Å²) in [4.78, 5) is 20.2. The van der Waals surface area contributed by atoms with E-state index in [2.05, 4.69) is 20.4 Å². The molecule has 9 heteroatoms. The van der Waals surface area contributed by atoms with Crippen molar-refractivity contribution >= 4 is 11.6 Å². The Bertz CT molecular complexity index is 1120. The molecule has 0 saturated heterocycles. The van der Waals surface area contributed by atoms with E-state index in [9.17, 15) is 9.18 Å². The SMILES string of the molecule is O=C(COc1ccc(F)cc1)Nc1ccc(Oc2cc(-n3cccn3)ncn2)cc1. The molecule has 0 aliphatic heterocycles. The average Bonchev–Trinajstić information content (AvgIpc) is 3.30. The highest BCUT2D eigenvalue weighted by atomic mass is 19.1. The monoisotopic (exact) mass is 405 g/mol. The Kier molecular flexibility index (Phi) is 5.61. The van der Waals surface area contributed by atoms with E-state index in [1.54, 1.807) is 53.5 Å². The van der Waals surface area contributed by atoms with Crippen LogP contribution in [0.25, 0.3) is 5.82 Å². The molecule has 1 amide bonds. The highest BCUT2D eigenvalue weighted by Gasteiger charge is 2.06. The van der Waals surface area contributed by atoms with E-state index in [0.29, 0.717) is 28.9 Å². The Morgan fingerprint density at radius 2 is 1.80 bits per heavy atom. The van der Waals surface area contributed by atoms with E-state index in [1.807, 2.05) is 0 Å². The molecule has 8 nitrogen and oxygen atoms in total. The van der Waals surface area contributed by atoms with Gasteiger partial charge in [-0.2, -0.15) is 5.10 Å². The fourth-order valence-electron chi connectivity index (χ4n) is 2.52. The van der Waals surface area contributed by atoms with Crippen molar-refractivity contribution in [2.75, 3.05) is 11.9 Å². The molecule has 0 aliphatic carbocycles. The number of carbonyl (C=O) groups is 1. The maximum atomic E-state index is 12.9. The van der Waals surface area contributed by atoms with Gasteiger partial charge in [-0.3, -0.25) is 4.79 Å². The molecule has 0 bridgehead atoms. The van der Waals surface area contributed by atoms with Gasteiger partial charge in [0.2, 0.25) is 5.88 Å². The number of ether oxygens (including phenoxy) is 2. The fourth-order valence-corrected chi connectivity index (χ4v) is 2.52. The molecule has 0 atom stereocenters.